The Balaban J connectivity index is 1.88. The summed E-state index contributed by atoms with van der Waals surface area (Å²) < 4.78 is 16.3. The SMILES string of the molecule is COc1ccc(CC(=O)OCC(=O)Nc2ccccc2I)c(OC)c1. The Morgan fingerprint density at radius 1 is 1.08 bits per heavy atom. The molecule has 2 aromatic rings. The molecule has 0 atom stereocenters. The molecule has 0 spiro atoms. The number of carbonyl (C=O) groups is 2. The number of nitrogens with one attached hydrogen (secondary N) is 1. The van der Waals surface area contributed by atoms with Crippen LogP contribution in [0.15, 0.2) is 42.5 Å². The second-order valence-corrected chi connectivity index (χ2v) is 6.21. The molecule has 6 nitrogen and oxygen atoms in total. The molecular weight excluding hydrogens is 437 g/mol. The predicted octanol–water partition coefficient (Wildman–Crippen LogP) is 3.03. The number of anilines is 1. The van der Waals surface area contributed by atoms with Crippen molar-refractivity contribution in [3.05, 3.63) is 51.6 Å². The first-order chi connectivity index (χ1) is 12.0. The number of para-hydroxylation sites is 1. The van der Waals surface area contributed by atoms with Crippen molar-refractivity contribution >= 4 is 40.2 Å². The Labute approximate surface area is 159 Å². The van der Waals surface area contributed by atoms with Gasteiger partial charge in [0.1, 0.15) is 11.5 Å². The number of ether oxygens (including phenoxy) is 3. The van der Waals surface area contributed by atoms with Gasteiger partial charge in [-0.1, -0.05) is 18.2 Å². The zero-order chi connectivity index (χ0) is 18.2. The van der Waals surface area contributed by atoms with E-state index in [-0.39, 0.29) is 18.9 Å². The molecule has 0 unspecified atom stereocenters. The fourth-order valence-electron chi connectivity index (χ4n) is 2.10. The van der Waals surface area contributed by atoms with E-state index in [1.807, 2.05) is 18.2 Å². The summed E-state index contributed by atoms with van der Waals surface area (Å²) in [5, 5.41) is 2.70. The summed E-state index contributed by atoms with van der Waals surface area (Å²) in [5.41, 5.74) is 1.34. The first kappa shape index (κ1) is 19.0. The van der Waals surface area contributed by atoms with Crippen molar-refractivity contribution in [2.45, 2.75) is 6.42 Å². The molecule has 0 fully saturated rings. The Kier molecular flexibility index (Phi) is 7.05. The molecule has 0 aliphatic heterocycles. The first-order valence-corrected chi connectivity index (χ1v) is 8.52. The topological polar surface area (TPSA) is 73.9 Å². The van der Waals surface area contributed by atoms with Gasteiger partial charge in [-0.3, -0.25) is 9.59 Å². The van der Waals surface area contributed by atoms with Crippen LogP contribution in [0, 0.1) is 3.57 Å². The fourth-order valence-corrected chi connectivity index (χ4v) is 2.62. The third-order valence-corrected chi connectivity index (χ3v) is 4.28. The van der Waals surface area contributed by atoms with E-state index in [9.17, 15) is 9.59 Å². The van der Waals surface area contributed by atoms with Gasteiger partial charge >= 0.3 is 5.97 Å². The van der Waals surface area contributed by atoms with Gasteiger partial charge in [-0.05, 0) is 40.8 Å². The van der Waals surface area contributed by atoms with E-state index >= 15 is 0 Å². The van der Waals surface area contributed by atoms with E-state index in [0.717, 1.165) is 3.57 Å². The van der Waals surface area contributed by atoms with Crippen molar-refractivity contribution in [1.29, 1.82) is 0 Å². The van der Waals surface area contributed by atoms with Crippen LogP contribution < -0.4 is 14.8 Å². The van der Waals surface area contributed by atoms with E-state index in [4.69, 9.17) is 14.2 Å². The summed E-state index contributed by atoms with van der Waals surface area (Å²) in [4.78, 5) is 23.9. The van der Waals surface area contributed by atoms with Crippen molar-refractivity contribution in [1.82, 2.24) is 0 Å². The molecule has 0 saturated heterocycles. The average molecular weight is 455 g/mol. The van der Waals surface area contributed by atoms with Gasteiger partial charge < -0.3 is 19.5 Å². The van der Waals surface area contributed by atoms with E-state index < -0.39 is 5.97 Å². The van der Waals surface area contributed by atoms with Crippen LogP contribution in [0.2, 0.25) is 0 Å². The van der Waals surface area contributed by atoms with Crippen LogP contribution in [0.3, 0.4) is 0 Å². The Morgan fingerprint density at radius 3 is 2.52 bits per heavy atom. The molecule has 0 bridgehead atoms. The lowest BCUT2D eigenvalue weighted by atomic mass is 10.1. The number of benzene rings is 2. The first-order valence-electron chi connectivity index (χ1n) is 7.44. The fraction of sp³-hybridized carbons (Fsp3) is 0.222. The highest BCUT2D eigenvalue weighted by molar-refractivity contribution is 14.1. The molecule has 0 heterocycles. The Hall–Kier alpha value is -2.29. The van der Waals surface area contributed by atoms with Gasteiger partial charge in [-0.15, -0.1) is 0 Å². The number of amides is 1. The lowest BCUT2D eigenvalue weighted by molar-refractivity contribution is -0.146. The minimum absolute atomic E-state index is 0.00329. The van der Waals surface area contributed by atoms with Gasteiger partial charge in [-0.2, -0.15) is 0 Å². The molecule has 25 heavy (non-hydrogen) atoms. The van der Waals surface area contributed by atoms with Gasteiger partial charge in [0.2, 0.25) is 0 Å². The summed E-state index contributed by atoms with van der Waals surface area (Å²) in [6, 6.07) is 12.5. The molecule has 0 aromatic heterocycles. The van der Waals surface area contributed by atoms with Crippen molar-refractivity contribution in [3.8, 4) is 11.5 Å². The largest absolute Gasteiger partial charge is 0.497 e. The number of methoxy groups -OCH3 is 2. The molecule has 7 heteroatoms. The number of hydrogen-bond donors (Lipinski definition) is 1. The summed E-state index contributed by atoms with van der Waals surface area (Å²) in [7, 11) is 3.06. The maximum atomic E-state index is 12.0. The molecule has 0 radical (unpaired) electrons. The summed E-state index contributed by atoms with van der Waals surface area (Å²) in [6.45, 7) is -0.345. The number of hydrogen-bond acceptors (Lipinski definition) is 5. The van der Waals surface area contributed by atoms with Crippen molar-refractivity contribution < 1.29 is 23.8 Å². The lowest BCUT2D eigenvalue weighted by Gasteiger charge is -2.11. The van der Waals surface area contributed by atoms with E-state index in [2.05, 4.69) is 27.9 Å². The predicted molar refractivity (Wildman–Crippen MR) is 102 cm³/mol. The lowest BCUT2D eigenvalue weighted by Crippen LogP contribution is -2.22. The van der Waals surface area contributed by atoms with E-state index in [0.29, 0.717) is 22.7 Å². The number of carbonyl (C=O) groups excluding carboxylic acids is 2. The highest BCUT2D eigenvalue weighted by Gasteiger charge is 2.13. The van der Waals surface area contributed by atoms with E-state index in [1.165, 1.54) is 7.11 Å². The second-order valence-electron chi connectivity index (χ2n) is 5.04. The monoisotopic (exact) mass is 455 g/mol. The maximum absolute atomic E-state index is 12.0. The van der Waals surface area contributed by atoms with E-state index in [1.54, 1.807) is 31.4 Å². The molecule has 2 rings (SSSR count). The smallest absolute Gasteiger partial charge is 0.310 e. The van der Waals surface area contributed by atoms with Gasteiger partial charge in [0.25, 0.3) is 5.91 Å². The molecule has 2 aromatic carbocycles. The minimum Gasteiger partial charge on any atom is -0.497 e. The number of rotatable bonds is 7. The van der Waals surface area contributed by atoms with Gasteiger partial charge in [-0.25, -0.2) is 0 Å². The molecule has 0 aliphatic rings. The third kappa shape index (κ3) is 5.63. The summed E-state index contributed by atoms with van der Waals surface area (Å²) >= 11 is 2.12. The average Bonchev–Trinajstić information content (AvgIpc) is 2.62. The van der Waals surface area contributed by atoms with Crippen molar-refractivity contribution in [2.24, 2.45) is 0 Å². The van der Waals surface area contributed by atoms with Crippen LogP contribution >= 0.6 is 22.6 Å². The molecule has 1 N–H and O–H groups in total. The van der Waals surface area contributed by atoms with Crippen LogP contribution in [-0.4, -0.2) is 32.7 Å². The highest BCUT2D eigenvalue weighted by atomic mass is 127. The van der Waals surface area contributed by atoms with Crippen molar-refractivity contribution in [3.63, 3.8) is 0 Å². The molecule has 132 valence electrons. The van der Waals surface area contributed by atoms with Gasteiger partial charge in [0.15, 0.2) is 6.61 Å². The maximum Gasteiger partial charge on any atom is 0.310 e. The second kappa shape index (κ2) is 9.26. The standard InChI is InChI=1S/C18H18INO5/c1-23-13-8-7-12(16(10-13)24-2)9-18(22)25-11-17(21)20-15-6-4-3-5-14(15)19/h3-8,10H,9,11H2,1-2H3,(H,20,21). The number of esters is 1. The summed E-state index contributed by atoms with van der Waals surface area (Å²) in [5.74, 6) is 0.255. The quantitative estimate of drug-likeness (QED) is 0.514. The zero-order valence-electron chi connectivity index (χ0n) is 13.9. The number of halogens is 1. The van der Waals surface area contributed by atoms with Crippen LogP contribution in [0.25, 0.3) is 0 Å². The van der Waals surface area contributed by atoms with Crippen LogP contribution in [0.1, 0.15) is 5.56 Å². The van der Waals surface area contributed by atoms with Crippen LogP contribution in [-0.2, 0) is 20.7 Å². The molecule has 0 saturated carbocycles. The van der Waals surface area contributed by atoms with Crippen molar-refractivity contribution in [2.75, 3.05) is 26.1 Å². The summed E-state index contributed by atoms with van der Waals surface area (Å²) in [6.07, 6.45) is 0.00329. The van der Waals surface area contributed by atoms with Gasteiger partial charge in [0.05, 0.1) is 26.3 Å². The normalized spacial score (nSPS) is 10.0. The minimum atomic E-state index is -0.513. The Bertz CT molecular complexity index is 763. The molecule has 1 amide bonds. The van der Waals surface area contributed by atoms with Gasteiger partial charge in [0, 0.05) is 15.2 Å². The van der Waals surface area contributed by atoms with Crippen LogP contribution in [0.4, 0.5) is 5.69 Å². The molecular formula is C18H18INO5. The third-order valence-electron chi connectivity index (χ3n) is 3.34. The highest BCUT2D eigenvalue weighted by Crippen LogP contribution is 2.25. The Morgan fingerprint density at radius 2 is 1.84 bits per heavy atom. The zero-order valence-corrected chi connectivity index (χ0v) is 16.0. The van der Waals surface area contributed by atoms with Crippen LogP contribution in [0.5, 0.6) is 11.5 Å². The molecule has 0 aliphatic carbocycles.